The van der Waals surface area contributed by atoms with Crippen LogP contribution >= 0.6 is 11.3 Å². The zero-order chi connectivity index (χ0) is 16.9. The summed E-state index contributed by atoms with van der Waals surface area (Å²) >= 11 is 1.63. The molecule has 0 spiro atoms. The summed E-state index contributed by atoms with van der Waals surface area (Å²) in [5, 5.41) is 11.6. The average molecular weight is 339 g/mol. The number of hydrogen-bond acceptors (Lipinski definition) is 4. The third-order valence-electron chi connectivity index (χ3n) is 4.57. The van der Waals surface area contributed by atoms with Crippen LogP contribution < -0.4 is 0 Å². The van der Waals surface area contributed by atoms with Crippen LogP contribution in [-0.4, -0.2) is 41.9 Å². The molecule has 0 bridgehead atoms. The van der Waals surface area contributed by atoms with Gasteiger partial charge in [-0.15, -0.1) is 11.3 Å². The van der Waals surface area contributed by atoms with Gasteiger partial charge in [-0.05, 0) is 23.9 Å². The number of nitrogens with zero attached hydrogens (tertiary/aromatic N) is 3. The molecular formula is C19H21N3OS. The lowest BCUT2D eigenvalue weighted by molar-refractivity contribution is -0.134. The topological polar surface area (TPSA) is 47.3 Å². The lowest BCUT2D eigenvalue weighted by Crippen LogP contribution is -2.50. The normalized spacial score (nSPS) is 17.9. The zero-order valence-electron chi connectivity index (χ0n) is 13.8. The van der Waals surface area contributed by atoms with Crippen molar-refractivity contribution in [3.63, 3.8) is 0 Å². The van der Waals surface area contributed by atoms with Crippen LogP contribution in [0.3, 0.4) is 0 Å². The van der Waals surface area contributed by atoms with Gasteiger partial charge in [0.25, 0.3) is 0 Å². The van der Waals surface area contributed by atoms with E-state index in [1.54, 1.807) is 11.3 Å². The van der Waals surface area contributed by atoms with Gasteiger partial charge in [-0.1, -0.05) is 36.4 Å². The molecule has 0 saturated carbocycles. The molecule has 1 aliphatic rings. The maximum atomic E-state index is 12.7. The monoisotopic (exact) mass is 339 g/mol. The Morgan fingerprint density at radius 2 is 1.83 bits per heavy atom. The van der Waals surface area contributed by atoms with Crippen molar-refractivity contribution >= 4 is 17.2 Å². The van der Waals surface area contributed by atoms with Gasteiger partial charge in [0.2, 0.25) is 5.91 Å². The molecule has 0 radical (unpaired) electrons. The Morgan fingerprint density at radius 3 is 2.42 bits per heavy atom. The minimum atomic E-state index is -0.238. The van der Waals surface area contributed by atoms with E-state index in [4.69, 9.17) is 0 Å². The van der Waals surface area contributed by atoms with Crippen LogP contribution in [0.1, 0.15) is 29.3 Å². The molecule has 1 aromatic carbocycles. The van der Waals surface area contributed by atoms with Gasteiger partial charge in [-0.2, -0.15) is 5.26 Å². The zero-order valence-corrected chi connectivity index (χ0v) is 14.6. The van der Waals surface area contributed by atoms with Gasteiger partial charge < -0.3 is 4.90 Å². The summed E-state index contributed by atoms with van der Waals surface area (Å²) in [6.07, 6.45) is 0. The Hall–Kier alpha value is -2.16. The number of nitriles is 1. The highest BCUT2D eigenvalue weighted by molar-refractivity contribution is 7.10. The van der Waals surface area contributed by atoms with Crippen molar-refractivity contribution in [1.82, 2.24) is 9.80 Å². The van der Waals surface area contributed by atoms with Gasteiger partial charge in [0.05, 0.1) is 12.0 Å². The predicted octanol–water partition coefficient (Wildman–Crippen LogP) is 3.26. The molecule has 2 atom stereocenters. The third-order valence-corrected chi connectivity index (χ3v) is 5.62. The molecular weight excluding hydrogens is 318 g/mol. The molecule has 0 aliphatic carbocycles. The van der Waals surface area contributed by atoms with E-state index in [9.17, 15) is 10.1 Å². The van der Waals surface area contributed by atoms with Crippen LogP contribution in [0.5, 0.6) is 0 Å². The molecule has 1 aliphatic heterocycles. The first-order chi connectivity index (χ1) is 11.7. The highest BCUT2D eigenvalue weighted by atomic mass is 32.1. The van der Waals surface area contributed by atoms with Crippen LogP contribution in [0.25, 0.3) is 0 Å². The molecule has 3 rings (SSSR count). The first-order valence-electron chi connectivity index (χ1n) is 8.21. The number of thiophene rings is 1. The lowest BCUT2D eigenvalue weighted by atomic mass is 10.0. The molecule has 1 amide bonds. The summed E-state index contributed by atoms with van der Waals surface area (Å²) in [5.74, 6) is 0.0998. The minimum absolute atomic E-state index is 0.0857. The first kappa shape index (κ1) is 16.7. The van der Waals surface area contributed by atoms with E-state index in [2.05, 4.69) is 11.0 Å². The number of amides is 1. The molecule has 0 unspecified atom stereocenters. The van der Waals surface area contributed by atoms with Crippen LogP contribution in [0.4, 0.5) is 0 Å². The molecule has 2 heterocycles. The van der Waals surface area contributed by atoms with Crippen molar-refractivity contribution in [3.8, 4) is 6.07 Å². The summed E-state index contributed by atoms with van der Waals surface area (Å²) in [6.45, 7) is 4.80. The van der Waals surface area contributed by atoms with Crippen LogP contribution in [-0.2, 0) is 4.79 Å². The second-order valence-corrected chi connectivity index (χ2v) is 7.02. The highest BCUT2D eigenvalue weighted by Gasteiger charge is 2.29. The first-order valence-corrected chi connectivity index (χ1v) is 9.09. The van der Waals surface area contributed by atoms with E-state index >= 15 is 0 Å². The molecule has 0 N–H and O–H groups in total. The summed E-state index contributed by atoms with van der Waals surface area (Å²) in [4.78, 5) is 17.9. The van der Waals surface area contributed by atoms with Crippen LogP contribution in [0.2, 0.25) is 0 Å². The number of carbonyl (C=O) groups excluding carboxylic acids is 1. The lowest BCUT2D eigenvalue weighted by Gasteiger charge is -2.37. The Kier molecular flexibility index (Phi) is 5.29. The number of piperazine rings is 1. The summed E-state index contributed by atoms with van der Waals surface area (Å²) in [7, 11) is 0. The minimum Gasteiger partial charge on any atom is -0.340 e. The number of benzene rings is 1. The van der Waals surface area contributed by atoms with E-state index < -0.39 is 0 Å². The maximum Gasteiger partial charge on any atom is 0.230 e. The fourth-order valence-corrected chi connectivity index (χ4v) is 3.91. The van der Waals surface area contributed by atoms with Gasteiger partial charge in [-0.25, -0.2) is 0 Å². The maximum absolute atomic E-state index is 12.7. The predicted molar refractivity (Wildman–Crippen MR) is 95.7 cm³/mol. The number of hydrogen-bond donors (Lipinski definition) is 0. The van der Waals surface area contributed by atoms with Crippen molar-refractivity contribution < 1.29 is 4.79 Å². The van der Waals surface area contributed by atoms with Gasteiger partial charge in [0.1, 0.15) is 6.04 Å². The van der Waals surface area contributed by atoms with Crippen molar-refractivity contribution in [2.45, 2.75) is 18.9 Å². The smallest absolute Gasteiger partial charge is 0.230 e. The average Bonchev–Trinajstić information content (AvgIpc) is 3.17. The van der Waals surface area contributed by atoms with Crippen molar-refractivity contribution in [2.24, 2.45) is 0 Å². The molecule has 124 valence electrons. The Morgan fingerprint density at radius 1 is 1.12 bits per heavy atom. The Balaban J connectivity index is 1.61. The fourth-order valence-electron chi connectivity index (χ4n) is 3.14. The highest BCUT2D eigenvalue weighted by Crippen LogP contribution is 2.25. The van der Waals surface area contributed by atoms with E-state index in [-0.39, 0.29) is 17.9 Å². The van der Waals surface area contributed by atoms with E-state index in [0.29, 0.717) is 13.1 Å². The van der Waals surface area contributed by atoms with Crippen LogP contribution in [0.15, 0.2) is 47.8 Å². The molecule has 4 nitrogen and oxygen atoms in total. The van der Waals surface area contributed by atoms with Gasteiger partial charge >= 0.3 is 0 Å². The molecule has 1 aromatic heterocycles. The number of carbonyl (C=O) groups is 1. The molecule has 24 heavy (non-hydrogen) atoms. The SMILES string of the molecule is C[C@H](C(=O)N1CCN([C@H](C#N)c2ccccc2)CC1)c1cccs1. The Labute approximate surface area is 146 Å². The van der Waals surface area contributed by atoms with Crippen LogP contribution in [0, 0.1) is 11.3 Å². The second-order valence-electron chi connectivity index (χ2n) is 6.04. The van der Waals surface area contributed by atoms with E-state index in [0.717, 1.165) is 23.5 Å². The molecule has 2 aromatic rings. The fraction of sp³-hybridized carbons (Fsp3) is 0.368. The van der Waals surface area contributed by atoms with Crippen molar-refractivity contribution in [1.29, 1.82) is 5.26 Å². The summed E-state index contributed by atoms with van der Waals surface area (Å²) < 4.78 is 0. The number of rotatable bonds is 4. The van der Waals surface area contributed by atoms with E-state index in [1.807, 2.05) is 59.7 Å². The third kappa shape index (κ3) is 3.50. The Bertz CT molecular complexity index is 700. The molecule has 1 saturated heterocycles. The summed E-state index contributed by atoms with van der Waals surface area (Å²) in [6, 6.07) is 16.0. The quantitative estimate of drug-likeness (QED) is 0.859. The largest absolute Gasteiger partial charge is 0.340 e. The van der Waals surface area contributed by atoms with Gasteiger partial charge in [0, 0.05) is 31.1 Å². The summed E-state index contributed by atoms with van der Waals surface area (Å²) in [5.41, 5.74) is 1.02. The van der Waals surface area contributed by atoms with Crippen molar-refractivity contribution in [3.05, 3.63) is 58.3 Å². The molecule has 5 heteroatoms. The standard InChI is InChI=1S/C19H21N3OS/c1-15(18-8-5-13-24-18)19(23)22-11-9-21(10-12-22)17(14-20)16-6-3-2-4-7-16/h2-8,13,15,17H,9-12H2,1H3/t15-,17+/m0/s1. The second kappa shape index (κ2) is 7.61. The van der Waals surface area contributed by atoms with Gasteiger partial charge in [-0.3, -0.25) is 9.69 Å². The van der Waals surface area contributed by atoms with Crippen molar-refractivity contribution in [2.75, 3.05) is 26.2 Å². The molecule has 1 fully saturated rings. The van der Waals surface area contributed by atoms with E-state index in [1.165, 1.54) is 0 Å². The van der Waals surface area contributed by atoms with Gasteiger partial charge in [0.15, 0.2) is 0 Å².